The van der Waals surface area contributed by atoms with Crippen LogP contribution in [0.4, 0.5) is 0 Å². The topological polar surface area (TPSA) is 50.4 Å². The second kappa shape index (κ2) is 10.7. The van der Waals surface area contributed by atoms with E-state index in [9.17, 15) is 4.79 Å². The third-order valence-corrected chi connectivity index (χ3v) is 4.83. The van der Waals surface area contributed by atoms with Crippen molar-refractivity contribution in [1.82, 2.24) is 10.6 Å². The number of nitrogens with one attached hydrogen (secondary N) is 2. The molecule has 0 bridgehead atoms. The average Bonchev–Trinajstić information content (AvgIpc) is 2.55. The van der Waals surface area contributed by atoms with Gasteiger partial charge in [-0.2, -0.15) is 0 Å². The van der Waals surface area contributed by atoms with E-state index in [-0.39, 0.29) is 30.5 Å². The Bertz CT molecular complexity index is 513. The summed E-state index contributed by atoms with van der Waals surface area (Å²) in [5, 5.41) is 6.51. The number of hydrogen-bond acceptors (Lipinski definition) is 3. The van der Waals surface area contributed by atoms with Crippen LogP contribution in [-0.4, -0.2) is 25.1 Å². The minimum absolute atomic E-state index is 0. The number of benzene rings is 1. The van der Waals surface area contributed by atoms with Crippen LogP contribution < -0.4 is 15.4 Å². The van der Waals surface area contributed by atoms with Crippen molar-refractivity contribution in [3.8, 4) is 5.75 Å². The maximum absolute atomic E-state index is 12.3. The summed E-state index contributed by atoms with van der Waals surface area (Å²) in [6, 6.07) is 8.01. The smallest absolute Gasteiger partial charge is 0.220 e. The molecular weight excluding hydrogens is 336 g/mol. The third-order valence-electron chi connectivity index (χ3n) is 4.83. The van der Waals surface area contributed by atoms with Gasteiger partial charge in [-0.05, 0) is 76.2 Å². The molecule has 1 fully saturated rings. The summed E-state index contributed by atoms with van der Waals surface area (Å²) in [7, 11) is 0. The summed E-state index contributed by atoms with van der Waals surface area (Å²) in [4.78, 5) is 12.3. The minimum atomic E-state index is 0. The predicted molar refractivity (Wildman–Crippen MR) is 105 cm³/mol. The molecule has 0 radical (unpaired) electrons. The van der Waals surface area contributed by atoms with Crippen LogP contribution in [0.5, 0.6) is 5.75 Å². The number of rotatable bonds is 7. The Morgan fingerprint density at radius 3 is 2.32 bits per heavy atom. The standard InChI is InChI=1S/C20H32N2O2.ClH/c1-14(2)24-19-7-5-18(6-8-19)16(4)22-20(23)13-15(3)17-9-11-21-12-10-17;/h5-8,14-17,21H,9-13H2,1-4H3,(H,22,23);1H. The van der Waals surface area contributed by atoms with Crippen molar-refractivity contribution < 1.29 is 9.53 Å². The van der Waals surface area contributed by atoms with Gasteiger partial charge in [0.05, 0.1) is 12.1 Å². The SMILES string of the molecule is CC(C)Oc1ccc(C(C)NC(=O)CC(C)C2CCNCC2)cc1.Cl. The fourth-order valence-corrected chi connectivity index (χ4v) is 3.36. The number of carbonyl (C=O) groups is 1. The van der Waals surface area contributed by atoms with E-state index in [1.54, 1.807) is 0 Å². The molecule has 2 rings (SSSR count). The highest BCUT2D eigenvalue weighted by Crippen LogP contribution is 2.25. The molecule has 1 aliphatic heterocycles. The number of ether oxygens (including phenoxy) is 1. The molecule has 0 aromatic heterocycles. The van der Waals surface area contributed by atoms with Crippen molar-refractivity contribution >= 4 is 18.3 Å². The van der Waals surface area contributed by atoms with Crippen LogP contribution in [0, 0.1) is 11.8 Å². The third kappa shape index (κ3) is 7.25. The number of amides is 1. The van der Waals surface area contributed by atoms with E-state index in [4.69, 9.17) is 4.74 Å². The van der Waals surface area contributed by atoms with E-state index in [0.717, 1.165) is 24.4 Å². The normalized spacial score (nSPS) is 17.5. The molecule has 25 heavy (non-hydrogen) atoms. The Morgan fingerprint density at radius 1 is 1.16 bits per heavy atom. The second-order valence-electron chi connectivity index (χ2n) is 7.29. The van der Waals surface area contributed by atoms with Crippen molar-refractivity contribution in [2.45, 2.75) is 59.1 Å². The molecule has 1 aliphatic rings. The molecule has 0 spiro atoms. The first-order valence-electron chi connectivity index (χ1n) is 9.22. The Hall–Kier alpha value is -1.26. The van der Waals surface area contributed by atoms with Crippen LogP contribution in [0.1, 0.15) is 58.6 Å². The zero-order chi connectivity index (χ0) is 17.5. The van der Waals surface area contributed by atoms with Crippen LogP contribution in [0.3, 0.4) is 0 Å². The molecule has 1 heterocycles. The maximum atomic E-state index is 12.3. The number of carbonyl (C=O) groups excluding carboxylic acids is 1. The quantitative estimate of drug-likeness (QED) is 0.761. The highest BCUT2D eigenvalue weighted by Gasteiger charge is 2.22. The van der Waals surface area contributed by atoms with Crippen molar-refractivity contribution in [2.75, 3.05) is 13.1 Å². The molecule has 0 saturated carbocycles. The number of piperidine rings is 1. The first-order chi connectivity index (χ1) is 11.5. The molecule has 142 valence electrons. The van der Waals surface area contributed by atoms with E-state index >= 15 is 0 Å². The van der Waals surface area contributed by atoms with Gasteiger partial charge in [-0.25, -0.2) is 0 Å². The highest BCUT2D eigenvalue weighted by molar-refractivity contribution is 5.85. The van der Waals surface area contributed by atoms with Crippen molar-refractivity contribution in [3.63, 3.8) is 0 Å². The molecule has 0 aliphatic carbocycles. The van der Waals surface area contributed by atoms with Gasteiger partial charge in [0.1, 0.15) is 5.75 Å². The second-order valence-corrected chi connectivity index (χ2v) is 7.29. The monoisotopic (exact) mass is 368 g/mol. The summed E-state index contributed by atoms with van der Waals surface area (Å²) >= 11 is 0. The number of hydrogen-bond donors (Lipinski definition) is 2. The summed E-state index contributed by atoms with van der Waals surface area (Å²) < 4.78 is 5.66. The maximum Gasteiger partial charge on any atom is 0.220 e. The van der Waals surface area contributed by atoms with Gasteiger partial charge in [0, 0.05) is 6.42 Å². The summed E-state index contributed by atoms with van der Waals surface area (Å²) in [6.07, 6.45) is 3.15. The zero-order valence-corrected chi connectivity index (χ0v) is 16.7. The van der Waals surface area contributed by atoms with Gasteiger partial charge >= 0.3 is 0 Å². The van der Waals surface area contributed by atoms with Crippen LogP contribution in [0.15, 0.2) is 24.3 Å². The van der Waals surface area contributed by atoms with Gasteiger partial charge in [0.15, 0.2) is 0 Å². The first kappa shape index (κ1) is 21.8. The first-order valence-corrected chi connectivity index (χ1v) is 9.22. The molecule has 4 nitrogen and oxygen atoms in total. The molecule has 1 amide bonds. The van der Waals surface area contributed by atoms with E-state index < -0.39 is 0 Å². The summed E-state index contributed by atoms with van der Waals surface area (Å²) in [5.74, 6) is 2.13. The van der Waals surface area contributed by atoms with Gasteiger partial charge in [0.2, 0.25) is 5.91 Å². The lowest BCUT2D eigenvalue weighted by atomic mass is 9.84. The van der Waals surface area contributed by atoms with Crippen molar-refractivity contribution in [2.24, 2.45) is 11.8 Å². The van der Waals surface area contributed by atoms with Gasteiger partial charge in [-0.15, -0.1) is 12.4 Å². The van der Waals surface area contributed by atoms with Gasteiger partial charge in [0.25, 0.3) is 0 Å². The average molecular weight is 369 g/mol. The summed E-state index contributed by atoms with van der Waals surface area (Å²) in [5.41, 5.74) is 1.11. The van der Waals surface area contributed by atoms with Crippen LogP contribution in [-0.2, 0) is 4.79 Å². The van der Waals surface area contributed by atoms with Crippen molar-refractivity contribution in [3.05, 3.63) is 29.8 Å². The Kier molecular flexibility index (Phi) is 9.30. The van der Waals surface area contributed by atoms with Crippen LogP contribution in [0.2, 0.25) is 0 Å². The summed E-state index contributed by atoms with van der Waals surface area (Å²) in [6.45, 7) is 10.4. The molecular formula is C20H33ClN2O2. The molecule has 5 heteroatoms. The highest BCUT2D eigenvalue weighted by atomic mass is 35.5. The molecule has 1 saturated heterocycles. The molecule has 2 atom stereocenters. The van der Waals surface area contributed by atoms with E-state index in [0.29, 0.717) is 18.3 Å². The zero-order valence-electron chi connectivity index (χ0n) is 15.9. The largest absolute Gasteiger partial charge is 0.491 e. The van der Waals surface area contributed by atoms with E-state index in [1.807, 2.05) is 45.0 Å². The predicted octanol–water partition coefficient (Wildman–Crippen LogP) is 4.10. The molecule has 1 aromatic rings. The Balaban J connectivity index is 0.00000312. The van der Waals surface area contributed by atoms with Gasteiger partial charge in [-0.1, -0.05) is 19.1 Å². The molecule has 1 aromatic carbocycles. The van der Waals surface area contributed by atoms with Crippen molar-refractivity contribution in [1.29, 1.82) is 0 Å². The lowest BCUT2D eigenvalue weighted by Gasteiger charge is -2.28. The molecule has 2 N–H and O–H groups in total. The minimum Gasteiger partial charge on any atom is -0.491 e. The van der Waals surface area contributed by atoms with Crippen LogP contribution >= 0.6 is 12.4 Å². The van der Waals surface area contributed by atoms with Gasteiger partial charge in [-0.3, -0.25) is 4.79 Å². The van der Waals surface area contributed by atoms with Crippen LogP contribution in [0.25, 0.3) is 0 Å². The fraction of sp³-hybridized carbons (Fsp3) is 0.650. The molecule has 2 unspecified atom stereocenters. The number of halogens is 1. The van der Waals surface area contributed by atoms with E-state index in [2.05, 4.69) is 17.6 Å². The Morgan fingerprint density at radius 2 is 1.76 bits per heavy atom. The lowest BCUT2D eigenvalue weighted by Crippen LogP contribution is -2.34. The van der Waals surface area contributed by atoms with E-state index in [1.165, 1.54) is 12.8 Å². The van der Waals surface area contributed by atoms with Gasteiger partial charge < -0.3 is 15.4 Å². The lowest BCUT2D eigenvalue weighted by molar-refractivity contribution is -0.123. The fourth-order valence-electron chi connectivity index (χ4n) is 3.36. The Labute approximate surface area is 158 Å².